The van der Waals surface area contributed by atoms with Crippen LogP contribution in [0.4, 0.5) is 20.2 Å². The highest BCUT2D eigenvalue weighted by atomic mass is 32.2. The number of hydrogen-bond acceptors (Lipinski definition) is 3. The number of anilines is 2. The molecule has 3 N–H and O–H groups in total. The van der Waals surface area contributed by atoms with Gasteiger partial charge in [-0.1, -0.05) is 0 Å². The molecule has 0 spiro atoms. The van der Waals surface area contributed by atoms with Crippen molar-refractivity contribution < 1.29 is 13.6 Å². The van der Waals surface area contributed by atoms with E-state index < -0.39 is 16.9 Å². The summed E-state index contributed by atoms with van der Waals surface area (Å²) in [4.78, 5) is 12.3. The van der Waals surface area contributed by atoms with E-state index in [1.165, 1.54) is 6.07 Å². The van der Waals surface area contributed by atoms with E-state index in [4.69, 9.17) is 5.73 Å². The molecule has 0 aromatic heterocycles. The van der Waals surface area contributed by atoms with E-state index in [-0.39, 0.29) is 10.8 Å². The lowest BCUT2D eigenvalue weighted by atomic mass is 10.3. The van der Waals surface area contributed by atoms with Crippen LogP contribution in [0.5, 0.6) is 0 Å². The molecule has 0 aliphatic rings. The average Bonchev–Trinajstić information content (AvgIpc) is 2.44. The first kappa shape index (κ1) is 15.3. The van der Waals surface area contributed by atoms with Crippen LogP contribution in [0.3, 0.4) is 0 Å². The highest BCUT2D eigenvalue weighted by molar-refractivity contribution is 8.00. The molecular weight excluding hydrogens is 294 g/mol. The van der Waals surface area contributed by atoms with Gasteiger partial charge in [0.1, 0.15) is 11.6 Å². The van der Waals surface area contributed by atoms with E-state index in [9.17, 15) is 13.6 Å². The van der Waals surface area contributed by atoms with E-state index in [0.717, 1.165) is 23.9 Å². The highest BCUT2D eigenvalue weighted by Gasteiger charge is 2.17. The summed E-state index contributed by atoms with van der Waals surface area (Å²) in [6, 6.07) is 10.00. The van der Waals surface area contributed by atoms with E-state index in [2.05, 4.69) is 5.32 Å². The Morgan fingerprint density at radius 3 is 2.48 bits per heavy atom. The molecule has 1 atom stereocenters. The fourth-order valence-corrected chi connectivity index (χ4v) is 2.49. The molecule has 0 fully saturated rings. The van der Waals surface area contributed by atoms with Gasteiger partial charge in [0.05, 0.1) is 5.25 Å². The Hall–Kier alpha value is -2.08. The van der Waals surface area contributed by atoms with Gasteiger partial charge >= 0.3 is 0 Å². The maximum atomic E-state index is 13.5. The average molecular weight is 308 g/mol. The van der Waals surface area contributed by atoms with E-state index in [1.54, 1.807) is 31.2 Å². The van der Waals surface area contributed by atoms with Gasteiger partial charge in [-0.25, -0.2) is 8.78 Å². The molecule has 0 bridgehead atoms. The van der Waals surface area contributed by atoms with E-state index >= 15 is 0 Å². The SMILES string of the molecule is CC(Sc1ccc(F)cc1F)C(=O)Nc1ccc(N)cc1. The lowest BCUT2D eigenvalue weighted by Gasteiger charge is -2.12. The van der Waals surface area contributed by atoms with Crippen LogP contribution in [0.1, 0.15) is 6.92 Å². The van der Waals surface area contributed by atoms with Crippen molar-refractivity contribution in [3.63, 3.8) is 0 Å². The molecular formula is C15H14F2N2OS. The molecule has 0 saturated heterocycles. The van der Waals surface area contributed by atoms with Gasteiger partial charge in [-0.3, -0.25) is 4.79 Å². The molecule has 2 rings (SSSR count). The first-order valence-electron chi connectivity index (χ1n) is 6.24. The number of hydrogen-bond donors (Lipinski definition) is 2. The summed E-state index contributed by atoms with van der Waals surface area (Å²) in [5.41, 5.74) is 6.77. The zero-order valence-electron chi connectivity index (χ0n) is 11.3. The monoisotopic (exact) mass is 308 g/mol. The zero-order valence-corrected chi connectivity index (χ0v) is 12.1. The smallest absolute Gasteiger partial charge is 0.237 e. The molecule has 6 heteroatoms. The summed E-state index contributed by atoms with van der Waals surface area (Å²) in [5, 5.41) is 2.18. The fourth-order valence-electron chi connectivity index (χ4n) is 1.63. The summed E-state index contributed by atoms with van der Waals surface area (Å²) in [6.07, 6.45) is 0. The van der Waals surface area contributed by atoms with Gasteiger partial charge in [-0.05, 0) is 43.3 Å². The predicted molar refractivity (Wildman–Crippen MR) is 81.2 cm³/mol. The van der Waals surface area contributed by atoms with Crippen LogP contribution in [-0.4, -0.2) is 11.2 Å². The maximum Gasteiger partial charge on any atom is 0.237 e. The van der Waals surface area contributed by atoms with Gasteiger partial charge in [0.2, 0.25) is 5.91 Å². The molecule has 2 aromatic carbocycles. The molecule has 0 aliphatic carbocycles. The van der Waals surface area contributed by atoms with Crippen LogP contribution in [0.2, 0.25) is 0 Å². The largest absolute Gasteiger partial charge is 0.399 e. The van der Waals surface area contributed by atoms with Crippen LogP contribution in [-0.2, 0) is 4.79 Å². The predicted octanol–water partition coefficient (Wildman–Crippen LogP) is 3.67. The van der Waals surface area contributed by atoms with Gasteiger partial charge in [-0.15, -0.1) is 11.8 Å². The topological polar surface area (TPSA) is 55.1 Å². The number of thioether (sulfide) groups is 1. The molecule has 1 unspecified atom stereocenters. The molecule has 110 valence electrons. The number of carbonyl (C=O) groups excluding carboxylic acids is 1. The Bertz CT molecular complexity index is 647. The minimum atomic E-state index is -0.674. The quantitative estimate of drug-likeness (QED) is 0.669. The van der Waals surface area contributed by atoms with E-state index in [1.807, 2.05) is 0 Å². The number of amides is 1. The van der Waals surface area contributed by atoms with E-state index in [0.29, 0.717) is 11.4 Å². The minimum Gasteiger partial charge on any atom is -0.399 e. The number of nitrogen functional groups attached to an aromatic ring is 1. The van der Waals surface area contributed by atoms with Crippen molar-refractivity contribution in [1.29, 1.82) is 0 Å². The fraction of sp³-hybridized carbons (Fsp3) is 0.133. The third kappa shape index (κ3) is 4.19. The second-order valence-corrected chi connectivity index (χ2v) is 5.83. The molecule has 2 aromatic rings. The number of carbonyl (C=O) groups is 1. The molecule has 1 amide bonds. The van der Waals surface area contributed by atoms with Gasteiger partial charge in [0.25, 0.3) is 0 Å². The van der Waals surface area contributed by atoms with Gasteiger partial charge in [0, 0.05) is 22.3 Å². The van der Waals surface area contributed by atoms with Crippen molar-refractivity contribution >= 4 is 29.0 Å². The van der Waals surface area contributed by atoms with Crippen LogP contribution in [0.25, 0.3) is 0 Å². The Morgan fingerprint density at radius 2 is 1.86 bits per heavy atom. The van der Waals surface area contributed by atoms with Crippen molar-refractivity contribution in [2.24, 2.45) is 0 Å². The molecule has 21 heavy (non-hydrogen) atoms. The van der Waals surface area contributed by atoms with Gasteiger partial charge in [-0.2, -0.15) is 0 Å². The number of nitrogens with two attached hydrogens (primary N) is 1. The van der Waals surface area contributed by atoms with Crippen LogP contribution in [0.15, 0.2) is 47.4 Å². The molecule has 0 aliphatic heterocycles. The zero-order chi connectivity index (χ0) is 15.4. The Morgan fingerprint density at radius 1 is 1.19 bits per heavy atom. The Labute approximate surface area is 125 Å². The second kappa shape index (κ2) is 6.58. The first-order chi connectivity index (χ1) is 9.95. The maximum absolute atomic E-state index is 13.5. The summed E-state index contributed by atoms with van der Waals surface area (Å²) >= 11 is 1.03. The lowest BCUT2D eigenvalue weighted by molar-refractivity contribution is -0.115. The standard InChI is InChI=1S/C15H14F2N2OS/c1-9(21-14-7-2-10(16)8-13(14)17)15(20)19-12-5-3-11(18)4-6-12/h2-9H,18H2,1H3,(H,19,20). The summed E-state index contributed by atoms with van der Waals surface area (Å²) in [7, 11) is 0. The molecule has 3 nitrogen and oxygen atoms in total. The van der Waals surface area contributed by atoms with Crippen molar-refractivity contribution in [3.05, 3.63) is 54.1 Å². The number of rotatable bonds is 4. The number of benzene rings is 2. The third-order valence-corrected chi connectivity index (χ3v) is 3.90. The summed E-state index contributed by atoms with van der Waals surface area (Å²) < 4.78 is 26.4. The Kier molecular flexibility index (Phi) is 4.80. The van der Waals surface area contributed by atoms with Crippen molar-refractivity contribution in [3.8, 4) is 0 Å². The minimum absolute atomic E-state index is 0.233. The summed E-state index contributed by atoms with van der Waals surface area (Å²) in [6.45, 7) is 1.65. The van der Waals surface area contributed by atoms with Crippen LogP contribution < -0.4 is 11.1 Å². The molecule has 0 heterocycles. The van der Waals surface area contributed by atoms with Crippen LogP contribution in [0, 0.1) is 11.6 Å². The normalized spacial score (nSPS) is 12.0. The van der Waals surface area contributed by atoms with Crippen molar-refractivity contribution in [1.82, 2.24) is 0 Å². The highest BCUT2D eigenvalue weighted by Crippen LogP contribution is 2.27. The first-order valence-corrected chi connectivity index (χ1v) is 7.12. The summed E-state index contributed by atoms with van der Waals surface area (Å²) in [5.74, 6) is -1.59. The number of halogens is 2. The Balaban J connectivity index is 2.00. The van der Waals surface area contributed by atoms with Crippen molar-refractivity contribution in [2.75, 3.05) is 11.1 Å². The molecule has 0 radical (unpaired) electrons. The second-order valence-electron chi connectivity index (χ2n) is 4.45. The number of nitrogens with one attached hydrogen (secondary N) is 1. The van der Waals surface area contributed by atoms with Gasteiger partial charge in [0.15, 0.2) is 0 Å². The third-order valence-electron chi connectivity index (χ3n) is 2.75. The molecule has 0 saturated carbocycles. The van der Waals surface area contributed by atoms with Crippen molar-refractivity contribution in [2.45, 2.75) is 17.1 Å². The van der Waals surface area contributed by atoms with Gasteiger partial charge < -0.3 is 11.1 Å². The lowest BCUT2D eigenvalue weighted by Crippen LogP contribution is -2.22. The van der Waals surface area contributed by atoms with Crippen LogP contribution >= 0.6 is 11.8 Å².